The summed E-state index contributed by atoms with van der Waals surface area (Å²) < 4.78 is 25.4. The number of nitrogens with zero attached hydrogens (tertiary/aromatic N) is 1. The normalized spacial score (nSPS) is 10.4. The highest BCUT2D eigenvalue weighted by Crippen LogP contribution is 2.27. The van der Waals surface area contributed by atoms with Crippen molar-refractivity contribution in [3.63, 3.8) is 0 Å². The van der Waals surface area contributed by atoms with Crippen LogP contribution in [0.2, 0.25) is 0 Å². The van der Waals surface area contributed by atoms with Crippen molar-refractivity contribution in [2.75, 3.05) is 17.7 Å². The van der Waals surface area contributed by atoms with Gasteiger partial charge in [0.05, 0.1) is 13.0 Å². The molecule has 2 aromatic carbocycles. The van der Waals surface area contributed by atoms with Crippen LogP contribution in [-0.2, 0) is 11.2 Å². The number of carbonyl (C=O) groups is 2. The molecule has 0 aliphatic carbocycles. The molecule has 0 aliphatic heterocycles. The zero-order chi connectivity index (χ0) is 23.6. The maximum Gasteiger partial charge on any atom is 0.325 e. The Labute approximate surface area is 190 Å². The lowest BCUT2D eigenvalue weighted by molar-refractivity contribution is -0.119. The van der Waals surface area contributed by atoms with Gasteiger partial charge in [-0.2, -0.15) is 0 Å². The number of nitrogens with two attached hydrogens (primary N) is 1. The summed E-state index contributed by atoms with van der Waals surface area (Å²) in [6.45, 7) is 2.68. The molecule has 1 aromatic heterocycles. The number of hydrogen-bond donors (Lipinski definition) is 3. The van der Waals surface area contributed by atoms with Crippen LogP contribution < -0.4 is 25.8 Å². The number of rotatable bonds is 9. The third-order valence-electron chi connectivity index (χ3n) is 4.45. The molecule has 3 rings (SSSR count). The second-order valence-electron chi connectivity index (χ2n) is 7.19. The summed E-state index contributed by atoms with van der Waals surface area (Å²) in [5.74, 6) is -0.0222. The molecular formula is C24H25FN4O4. The lowest BCUT2D eigenvalue weighted by Crippen LogP contribution is -2.35. The Hall–Kier alpha value is -4.14. The molecule has 0 atom stereocenters. The summed E-state index contributed by atoms with van der Waals surface area (Å²) in [7, 11) is 0. The summed E-state index contributed by atoms with van der Waals surface area (Å²) in [6, 6.07) is 13.2. The summed E-state index contributed by atoms with van der Waals surface area (Å²) in [6.07, 6.45) is 3.40. The second-order valence-corrected chi connectivity index (χ2v) is 7.19. The fourth-order valence-electron chi connectivity index (χ4n) is 2.88. The first-order valence-corrected chi connectivity index (χ1v) is 10.4. The first-order valence-electron chi connectivity index (χ1n) is 10.4. The number of carbonyl (C=O) groups excluding carboxylic acids is 2. The molecule has 33 heavy (non-hydrogen) atoms. The zero-order valence-corrected chi connectivity index (χ0v) is 18.1. The number of nitrogen functional groups attached to an aromatic ring is 1. The minimum Gasteiger partial charge on any atom is -0.494 e. The molecule has 3 amide bonds. The molecule has 8 nitrogen and oxygen atoms in total. The van der Waals surface area contributed by atoms with E-state index in [1.165, 1.54) is 30.5 Å². The molecule has 0 aliphatic rings. The molecule has 0 fully saturated rings. The van der Waals surface area contributed by atoms with Crippen LogP contribution in [0.3, 0.4) is 0 Å². The fraction of sp³-hybridized carbons (Fsp3) is 0.208. The van der Waals surface area contributed by atoms with Gasteiger partial charge >= 0.3 is 6.03 Å². The van der Waals surface area contributed by atoms with Crippen molar-refractivity contribution < 1.29 is 23.5 Å². The molecule has 0 saturated carbocycles. The van der Waals surface area contributed by atoms with E-state index in [-0.39, 0.29) is 23.7 Å². The Balaban J connectivity index is 1.52. The Kier molecular flexibility index (Phi) is 8.18. The maximum atomic E-state index is 14.4. The Morgan fingerprint density at radius 3 is 2.70 bits per heavy atom. The third-order valence-corrected chi connectivity index (χ3v) is 4.45. The van der Waals surface area contributed by atoms with Crippen molar-refractivity contribution in [2.45, 2.75) is 26.2 Å². The van der Waals surface area contributed by atoms with Gasteiger partial charge in [0.25, 0.3) is 0 Å². The molecule has 1 heterocycles. The van der Waals surface area contributed by atoms with Crippen LogP contribution >= 0.6 is 0 Å². The van der Waals surface area contributed by atoms with Gasteiger partial charge in [-0.25, -0.2) is 14.2 Å². The van der Waals surface area contributed by atoms with Gasteiger partial charge in [0.15, 0.2) is 11.6 Å². The third kappa shape index (κ3) is 7.49. The largest absolute Gasteiger partial charge is 0.494 e. The van der Waals surface area contributed by atoms with Crippen LogP contribution in [0.25, 0.3) is 0 Å². The van der Waals surface area contributed by atoms with E-state index in [0.717, 1.165) is 18.9 Å². The van der Waals surface area contributed by atoms with Gasteiger partial charge in [0, 0.05) is 24.0 Å². The van der Waals surface area contributed by atoms with Gasteiger partial charge in [-0.3, -0.25) is 10.1 Å². The quantitative estimate of drug-likeness (QED) is 0.407. The van der Waals surface area contributed by atoms with Crippen molar-refractivity contribution in [1.82, 2.24) is 10.3 Å². The number of pyridine rings is 1. The minimum absolute atomic E-state index is 0.00536. The van der Waals surface area contributed by atoms with Crippen molar-refractivity contribution in [1.29, 1.82) is 0 Å². The smallest absolute Gasteiger partial charge is 0.325 e. The highest BCUT2D eigenvalue weighted by molar-refractivity contribution is 6.01. The second kappa shape index (κ2) is 11.5. The molecule has 4 N–H and O–H groups in total. The van der Waals surface area contributed by atoms with Crippen LogP contribution in [0.1, 0.15) is 25.3 Å². The summed E-state index contributed by atoms with van der Waals surface area (Å²) in [4.78, 5) is 28.2. The summed E-state index contributed by atoms with van der Waals surface area (Å²) in [5, 5.41) is 4.65. The number of imide groups is 1. The van der Waals surface area contributed by atoms with Gasteiger partial charge in [-0.1, -0.05) is 25.5 Å². The molecule has 0 saturated heterocycles. The number of ether oxygens (including phenoxy) is 2. The Morgan fingerprint density at radius 1 is 1.09 bits per heavy atom. The van der Waals surface area contributed by atoms with Gasteiger partial charge < -0.3 is 20.5 Å². The van der Waals surface area contributed by atoms with Gasteiger partial charge in [0.1, 0.15) is 17.3 Å². The lowest BCUT2D eigenvalue weighted by Gasteiger charge is -2.10. The highest BCUT2D eigenvalue weighted by Gasteiger charge is 2.12. The predicted molar refractivity (Wildman–Crippen MR) is 123 cm³/mol. The molecule has 0 unspecified atom stereocenters. The maximum absolute atomic E-state index is 14.4. The van der Waals surface area contributed by atoms with Gasteiger partial charge in [-0.15, -0.1) is 0 Å². The summed E-state index contributed by atoms with van der Waals surface area (Å²) >= 11 is 0. The van der Waals surface area contributed by atoms with Crippen LogP contribution in [0, 0.1) is 5.82 Å². The molecule has 0 radical (unpaired) electrons. The van der Waals surface area contributed by atoms with E-state index in [1.54, 1.807) is 18.2 Å². The molecular weight excluding hydrogens is 427 g/mol. The number of nitrogens with one attached hydrogen (secondary N) is 2. The Morgan fingerprint density at radius 2 is 1.94 bits per heavy atom. The monoisotopic (exact) mass is 452 g/mol. The standard InChI is InChI=1S/C24H25FN4O4/c1-2-3-11-32-18-6-4-5-16(12-18)13-23(30)29-24(31)28-17-7-8-21(20(25)14-17)33-19-9-10-27-22(26)15-19/h4-10,12,14-15H,2-3,11,13H2,1H3,(H2,26,27)(H2,28,29,30,31). The molecule has 172 valence electrons. The van der Waals surface area contributed by atoms with E-state index in [2.05, 4.69) is 22.5 Å². The number of urea groups is 1. The number of hydrogen-bond acceptors (Lipinski definition) is 6. The minimum atomic E-state index is -0.773. The van der Waals surface area contributed by atoms with Crippen molar-refractivity contribution in [3.05, 3.63) is 72.2 Å². The van der Waals surface area contributed by atoms with E-state index in [9.17, 15) is 14.0 Å². The molecule has 0 bridgehead atoms. The first kappa shape index (κ1) is 23.5. The Bertz CT molecular complexity index is 1120. The zero-order valence-electron chi connectivity index (χ0n) is 18.1. The average molecular weight is 452 g/mol. The summed E-state index contributed by atoms with van der Waals surface area (Å²) in [5.41, 5.74) is 6.44. The predicted octanol–water partition coefficient (Wildman–Crippen LogP) is 4.66. The molecule has 3 aromatic rings. The number of aromatic nitrogens is 1. The van der Waals surface area contributed by atoms with Gasteiger partial charge in [0.2, 0.25) is 5.91 Å². The topological polar surface area (TPSA) is 116 Å². The van der Waals surface area contributed by atoms with Crippen LogP contribution in [0.5, 0.6) is 17.2 Å². The average Bonchev–Trinajstić information content (AvgIpc) is 2.76. The number of benzene rings is 2. The number of amides is 3. The highest BCUT2D eigenvalue weighted by atomic mass is 19.1. The van der Waals surface area contributed by atoms with E-state index >= 15 is 0 Å². The van der Waals surface area contributed by atoms with Crippen molar-refractivity contribution in [2.24, 2.45) is 0 Å². The van der Waals surface area contributed by atoms with Gasteiger partial charge in [-0.05, 0) is 42.3 Å². The van der Waals surface area contributed by atoms with Crippen LogP contribution in [-0.4, -0.2) is 23.5 Å². The first-order chi connectivity index (χ1) is 15.9. The van der Waals surface area contributed by atoms with E-state index < -0.39 is 17.8 Å². The molecule has 9 heteroatoms. The van der Waals surface area contributed by atoms with E-state index in [0.29, 0.717) is 23.7 Å². The van der Waals surface area contributed by atoms with Crippen molar-refractivity contribution >= 4 is 23.4 Å². The van der Waals surface area contributed by atoms with Crippen molar-refractivity contribution in [3.8, 4) is 17.2 Å². The number of unbranched alkanes of at least 4 members (excludes halogenated alkanes) is 1. The number of halogens is 1. The molecule has 0 spiro atoms. The van der Waals surface area contributed by atoms with E-state index in [1.807, 2.05) is 6.07 Å². The van der Waals surface area contributed by atoms with Crippen LogP contribution in [0.4, 0.5) is 20.7 Å². The lowest BCUT2D eigenvalue weighted by atomic mass is 10.1. The van der Waals surface area contributed by atoms with E-state index in [4.69, 9.17) is 15.2 Å². The van der Waals surface area contributed by atoms with Crippen LogP contribution in [0.15, 0.2) is 60.8 Å². The number of anilines is 2. The SMILES string of the molecule is CCCCOc1cccc(CC(=O)NC(=O)Nc2ccc(Oc3ccnc(N)c3)c(F)c2)c1. The fourth-order valence-corrected chi connectivity index (χ4v) is 2.88.